The molecule has 0 fully saturated rings. The van der Waals surface area contributed by atoms with Gasteiger partial charge in [-0.25, -0.2) is 4.98 Å². The summed E-state index contributed by atoms with van der Waals surface area (Å²) < 4.78 is 160. The summed E-state index contributed by atoms with van der Waals surface area (Å²) in [5.41, 5.74) is -2.63. The minimum atomic E-state index is -4.14. The Morgan fingerprint density at radius 2 is 1.21 bits per heavy atom. The number of benzene rings is 7. The molecule has 0 radical (unpaired) electrons. The largest absolute Gasteiger partial charge is 0.507 e. The number of aryl methyl sites for hydroxylation is 1. The summed E-state index contributed by atoms with van der Waals surface area (Å²) in [6, 6.07) is 49.9. The molecule has 9 aromatic rings. The van der Waals surface area contributed by atoms with E-state index in [1.807, 2.05) is 149 Å². The molecule has 0 bridgehead atoms. The van der Waals surface area contributed by atoms with E-state index in [0.717, 1.165) is 50.6 Å². The van der Waals surface area contributed by atoms with Crippen LogP contribution < -0.4 is 0 Å². The first-order valence-corrected chi connectivity index (χ1v) is 21.2. The normalized spacial score (nSPS) is 17.2. The Labute approximate surface area is 431 Å². The molecule has 0 saturated carbocycles. The number of hydrogen-bond donors (Lipinski definition) is 1. The Morgan fingerprint density at radius 1 is 0.545 bits per heavy atom. The van der Waals surface area contributed by atoms with Crippen molar-refractivity contribution in [2.75, 3.05) is 0 Å². The van der Waals surface area contributed by atoms with Crippen molar-refractivity contribution in [3.63, 3.8) is 0 Å². The zero-order valence-electron chi connectivity index (χ0n) is 54.7. The molecule has 1 N–H and O–H groups in total. The second-order valence-electron chi connectivity index (χ2n) is 17.6. The zero-order chi connectivity index (χ0) is 60.8. The van der Waals surface area contributed by atoms with Gasteiger partial charge in [0.05, 0.1) is 16.6 Å². The van der Waals surface area contributed by atoms with Crippen LogP contribution in [0.3, 0.4) is 0 Å². The first kappa shape index (κ1) is 28.6. The predicted octanol–water partition coefficient (Wildman–Crippen LogP) is 16.1. The summed E-state index contributed by atoms with van der Waals surface area (Å²) in [4.78, 5) is 9.97. The van der Waals surface area contributed by atoms with Crippen molar-refractivity contribution in [1.82, 2.24) is 14.5 Å². The number of aromatic nitrogens is 3. The first-order chi connectivity index (χ1) is 38.4. The van der Waals surface area contributed by atoms with E-state index in [2.05, 4.69) is 6.07 Å². The van der Waals surface area contributed by atoms with Gasteiger partial charge in [0.25, 0.3) is 0 Å². The molecule has 0 spiro atoms. The van der Waals surface area contributed by atoms with Crippen LogP contribution >= 0.6 is 0 Å². The second-order valence-corrected chi connectivity index (χ2v) is 17.6. The van der Waals surface area contributed by atoms with Gasteiger partial charge < -0.3 is 5.11 Å². The summed E-state index contributed by atoms with van der Waals surface area (Å²) in [6.45, 7) is -16.6. The van der Waals surface area contributed by atoms with Crippen LogP contribution in [0, 0.1) is 13.0 Å². The molecular weight excluding hydrogens is 986 g/mol. The fraction of sp³-hybridized carbons (Fsp3) is 0.213. The van der Waals surface area contributed by atoms with E-state index in [1.54, 1.807) is 30.5 Å². The third-order valence-corrected chi connectivity index (χ3v) is 11.7. The Bertz CT molecular complexity index is 3820. The Morgan fingerprint density at radius 3 is 1.89 bits per heavy atom. The van der Waals surface area contributed by atoms with Crippen LogP contribution in [0.5, 0.6) is 5.75 Å². The molecule has 7 aromatic carbocycles. The number of rotatable bonds is 7. The van der Waals surface area contributed by atoms with Gasteiger partial charge in [0.1, 0.15) is 11.6 Å². The molecule has 0 aliphatic carbocycles. The SMILES string of the molecule is [2H]C([2H])([2H])C(c1cc(-c2nc3c(-c4[c-]c(-c5cc(-c6ccc(C)cc6)ccn5)cc(-c5ccccc5)c4)cccc3n2-c2ccc(-c3ccccc3)c(C(C)(C)C)c2)c(O)c(C(C([2H])([2H])[2H])(C([2H])([2H])[2H])C([2H])([2H])[2H])c1)(C([2H])([2H])[2H])C([2H])([2H])[2H].[Pt]. The van der Waals surface area contributed by atoms with Gasteiger partial charge in [-0.1, -0.05) is 199 Å². The Kier molecular flexibility index (Phi) is 7.72. The van der Waals surface area contributed by atoms with Gasteiger partial charge in [-0.3, -0.25) is 9.55 Å². The molecule has 0 aliphatic heterocycles. The molecule has 0 amide bonds. The van der Waals surface area contributed by atoms with Gasteiger partial charge >= 0.3 is 0 Å². The van der Waals surface area contributed by atoms with Crippen molar-refractivity contribution >= 4 is 11.0 Å². The number of pyridine rings is 1. The quantitative estimate of drug-likeness (QED) is 0.162. The van der Waals surface area contributed by atoms with E-state index in [4.69, 9.17) is 34.6 Å². The van der Waals surface area contributed by atoms with E-state index in [0.29, 0.717) is 34.1 Å². The maximum absolute atomic E-state index is 13.0. The maximum Gasteiger partial charge on any atom is 0.148 e. The standard InChI is InChI=1S/C61H58N3O.Pt/c1-39-24-26-41(27-25-39)43-30-31-62-54(35-43)46-33-44(40-18-13-11-14-19-40)32-45(34-46)50-22-17-23-55-56(50)63-58(51-36-47(59(2,3)4)37-53(57(51)65)61(8,9)10)64(55)48-28-29-49(42-20-15-12-16-21-42)52(38-48)60(5,6)7;/h11-33,35-38,65H,1-10H3;/q-1;/i2D3,3D3,4D3,8D3,9D3,10D3;. The zero-order valence-corrected chi connectivity index (χ0v) is 39.0. The second kappa shape index (κ2) is 17.8. The average molecular weight is 1060 g/mol. The van der Waals surface area contributed by atoms with Crippen molar-refractivity contribution in [3.8, 4) is 78.6 Å². The topological polar surface area (TPSA) is 50.9 Å². The number of phenolic OH excluding ortho intramolecular Hbond substituents is 1. The third kappa shape index (κ3) is 9.09. The van der Waals surface area contributed by atoms with Crippen molar-refractivity contribution in [3.05, 3.63) is 192 Å². The molecule has 0 unspecified atom stereocenters. The summed E-state index contributed by atoms with van der Waals surface area (Å²) >= 11 is 0. The van der Waals surface area contributed by atoms with Crippen LogP contribution in [-0.2, 0) is 37.3 Å². The number of hydrogen-bond acceptors (Lipinski definition) is 3. The minimum absolute atomic E-state index is 0. The fourth-order valence-corrected chi connectivity index (χ4v) is 8.38. The molecule has 5 heteroatoms. The van der Waals surface area contributed by atoms with Gasteiger partial charge in [0.2, 0.25) is 0 Å². The summed E-state index contributed by atoms with van der Waals surface area (Å²) in [5, 5.41) is 13.0. The molecule has 0 aliphatic rings. The molecule has 334 valence electrons. The van der Waals surface area contributed by atoms with Crippen LogP contribution in [0.1, 0.15) is 109 Å². The Hall–Kier alpha value is -6.35. The maximum atomic E-state index is 13.0. The average Bonchev–Trinajstić information content (AvgIpc) is 0.804. The molecular formula is C61H58N3OPt-. The van der Waals surface area contributed by atoms with E-state index in [9.17, 15) is 5.11 Å². The monoisotopic (exact) mass is 1060 g/mol. The molecule has 0 saturated heterocycles. The van der Waals surface area contributed by atoms with Gasteiger partial charge in [0.15, 0.2) is 0 Å². The van der Waals surface area contributed by atoms with E-state index >= 15 is 0 Å². The molecule has 9 rings (SSSR count). The van der Waals surface area contributed by atoms with Gasteiger partial charge in [-0.15, -0.1) is 23.8 Å². The van der Waals surface area contributed by atoms with Gasteiger partial charge in [-0.05, 0) is 92.4 Å². The van der Waals surface area contributed by atoms with Crippen molar-refractivity contribution in [1.29, 1.82) is 0 Å². The van der Waals surface area contributed by atoms with Crippen molar-refractivity contribution in [2.45, 2.75) is 85.1 Å². The van der Waals surface area contributed by atoms with Gasteiger partial charge in [0, 0.05) is 68.9 Å². The van der Waals surface area contributed by atoms with Crippen LogP contribution in [-0.4, -0.2) is 19.6 Å². The smallest absolute Gasteiger partial charge is 0.148 e. The van der Waals surface area contributed by atoms with Crippen LogP contribution in [0.25, 0.3) is 83.9 Å². The van der Waals surface area contributed by atoms with E-state index < -0.39 is 85.6 Å². The summed E-state index contributed by atoms with van der Waals surface area (Å²) in [6.07, 6.45) is 1.70. The molecule has 2 heterocycles. The molecule has 2 aromatic heterocycles. The number of para-hydroxylation sites is 1. The molecule has 4 nitrogen and oxygen atoms in total. The van der Waals surface area contributed by atoms with Crippen molar-refractivity contribution < 1.29 is 50.8 Å². The number of fused-ring (bicyclic) bond motifs is 1. The van der Waals surface area contributed by atoms with Crippen LogP contribution in [0.4, 0.5) is 0 Å². The molecule has 66 heavy (non-hydrogen) atoms. The van der Waals surface area contributed by atoms with Crippen molar-refractivity contribution in [2.24, 2.45) is 0 Å². The number of imidazole rings is 1. The first-order valence-electron chi connectivity index (χ1n) is 30.2. The van der Waals surface area contributed by atoms with Gasteiger partial charge in [-0.2, -0.15) is 0 Å². The number of aromatic hydroxyl groups is 1. The number of nitrogens with zero attached hydrogens (tertiary/aromatic N) is 3. The van der Waals surface area contributed by atoms with Crippen LogP contribution in [0.15, 0.2) is 164 Å². The number of phenols is 1. The predicted molar refractivity (Wildman–Crippen MR) is 273 cm³/mol. The summed E-state index contributed by atoms with van der Waals surface area (Å²) in [5.74, 6) is -1.78. The summed E-state index contributed by atoms with van der Waals surface area (Å²) in [7, 11) is 0. The Balaban J connectivity index is 0.00000920. The minimum Gasteiger partial charge on any atom is -0.507 e. The van der Waals surface area contributed by atoms with E-state index in [1.165, 1.54) is 4.57 Å². The third-order valence-electron chi connectivity index (χ3n) is 11.7. The van der Waals surface area contributed by atoms with Crippen LogP contribution in [0.2, 0.25) is 0 Å². The molecule has 0 atom stereocenters. The fourth-order valence-electron chi connectivity index (χ4n) is 8.38. The van der Waals surface area contributed by atoms with E-state index in [-0.39, 0.29) is 32.1 Å².